The number of hydrogen-bond donors (Lipinski definition) is 3. The highest BCUT2D eigenvalue weighted by atomic mass is 32.1. The molecule has 0 spiro atoms. The van der Waals surface area contributed by atoms with E-state index in [9.17, 15) is 9.90 Å². The number of aliphatic hydroxyl groups excluding tert-OH is 1. The summed E-state index contributed by atoms with van der Waals surface area (Å²) in [5.74, 6) is -0.367. The maximum absolute atomic E-state index is 15.0. The van der Waals surface area contributed by atoms with Gasteiger partial charge in [0.25, 0.3) is 5.91 Å². The first-order chi connectivity index (χ1) is 16.9. The van der Waals surface area contributed by atoms with Crippen LogP contribution in [0.3, 0.4) is 0 Å². The second-order valence-corrected chi connectivity index (χ2v) is 10.7. The number of fused-ring (bicyclic) bond motifs is 3. The molecule has 35 heavy (non-hydrogen) atoms. The average molecular weight is 494 g/mol. The van der Waals surface area contributed by atoms with Crippen molar-refractivity contribution in [2.45, 2.75) is 37.5 Å². The smallest absolute Gasteiger partial charge is 0.251 e. The summed E-state index contributed by atoms with van der Waals surface area (Å²) in [7, 11) is 2.11. The van der Waals surface area contributed by atoms with Crippen LogP contribution in [-0.4, -0.2) is 64.1 Å². The average Bonchev–Trinajstić information content (AvgIpc) is 3.54. The molecule has 0 unspecified atom stereocenters. The lowest BCUT2D eigenvalue weighted by molar-refractivity contribution is 0.0917. The predicted molar refractivity (Wildman–Crippen MR) is 135 cm³/mol. The summed E-state index contributed by atoms with van der Waals surface area (Å²) in [6.07, 6.45) is 3.98. The second kappa shape index (κ2) is 8.98. The number of nitrogens with one attached hydrogen (secondary N) is 2. The van der Waals surface area contributed by atoms with Gasteiger partial charge in [0, 0.05) is 36.0 Å². The topological polar surface area (TPSA) is 81.9 Å². The second-order valence-electron chi connectivity index (χ2n) is 9.70. The van der Waals surface area contributed by atoms with Crippen LogP contribution in [0.4, 0.5) is 4.39 Å². The van der Waals surface area contributed by atoms with E-state index in [1.54, 1.807) is 6.07 Å². The molecule has 4 heterocycles. The summed E-state index contributed by atoms with van der Waals surface area (Å²) in [6, 6.07) is 11.1. The predicted octanol–water partition coefficient (Wildman–Crippen LogP) is 3.57. The standard InChI is InChI=1S/C26H28FN5O2S/c1-31-8-6-17(7-9-31)29-25(34)16-3-5-23-24(11-16)35-26-30-22(14-32(23)26)19-4-2-15(10-20(19)27)21-12-18(33)13-28-21/h2-5,10-11,14,17-18,21,28,33H,6-9,12-13H2,1H3,(H,29,34)/t18-,21+/m1/s1. The van der Waals surface area contributed by atoms with Crippen LogP contribution in [0.25, 0.3) is 26.4 Å². The van der Waals surface area contributed by atoms with E-state index >= 15 is 4.39 Å². The van der Waals surface area contributed by atoms with E-state index in [1.807, 2.05) is 34.9 Å². The zero-order valence-corrected chi connectivity index (χ0v) is 20.3. The van der Waals surface area contributed by atoms with Crippen molar-refractivity contribution in [3.63, 3.8) is 0 Å². The third-order valence-electron chi connectivity index (χ3n) is 7.19. The van der Waals surface area contributed by atoms with Gasteiger partial charge in [-0.25, -0.2) is 9.37 Å². The van der Waals surface area contributed by atoms with Gasteiger partial charge < -0.3 is 20.6 Å². The van der Waals surface area contributed by atoms with Crippen molar-refractivity contribution in [1.82, 2.24) is 24.9 Å². The number of likely N-dealkylation sites (tertiary alicyclic amines) is 1. The molecular formula is C26H28FN5O2S. The first-order valence-electron chi connectivity index (χ1n) is 12.1. The summed E-state index contributed by atoms with van der Waals surface area (Å²) in [6.45, 7) is 2.52. The molecule has 2 saturated heterocycles. The highest BCUT2D eigenvalue weighted by Gasteiger charge is 2.25. The van der Waals surface area contributed by atoms with Gasteiger partial charge in [0.2, 0.25) is 0 Å². The van der Waals surface area contributed by atoms with Crippen molar-refractivity contribution in [1.29, 1.82) is 0 Å². The largest absolute Gasteiger partial charge is 0.392 e. The third-order valence-corrected chi connectivity index (χ3v) is 8.21. The number of aliphatic hydroxyl groups is 1. The number of aromatic nitrogens is 2. The van der Waals surface area contributed by atoms with Crippen molar-refractivity contribution >= 4 is 32.4 Å². The Bertz CT molecular complexity index is 1410. The minimum Gasteiger partial charge on any atom is -0.392 e. The lowest BCUT2D eigenvalue weighted by atomic mass is 10.0. The Morgan fingerprint density at radius 3 is 2.80 bits per heavy atom. The molecule has 7 nitrogen and oxygen atoms in total. The van der Waals surface area contributed by atoms with E-state index in [-0.39, 0.29) is 23.8 Å². The molecule has 0 saturated carbocycles. The van der Waals surface area contributed by atoms with Crippen molar-refractivity contribution < 1.29 is 14.3 Å². The number of hydrogen-bond acceptors (Lipinski definition) is 6. The van der Waals surface area contributed by atoms with E-state index < -0.39 is 6.10 Å². The lowest BCUT2D eigenvalue weighted by Crippen LogP contribution is -2.43. The molecule has 3 N–H and O–H groups in total. The number of benzene rings is 2. The number of amides is 1. The van der Waals surface area contributed by atoms with Gasteiger partial charge in [-0.3, -0.25) is 9.20 Å². The first kappa shape index (κ1) is 22.6. The van der Waals surface area contributed by atoms with Gasteiger partial charge in [0.15, 0.2) is 4.96 Å². The lowest BCUT2D eigenvalue weighted by Gasteiger charge is -2.29. The van der Waals surface area contributed by atoms with E-state index in [1.165, 1.54) is 17.4 Å². The molecule has 0 bridgehead atoms. The van der Waals surface area contributed by atoms with Crippen LogP contribution in [0.2, 0.25) is 0 Å². The normalized spacial score (nSPS) is 21.8. The molecule has 2 atom stereocenters. The third kappa shape index (κ3) is 4.33. The van der Waals surface area contributed by atoms with Crippen LogP contribution in [0.1, 0.15) is 41.2 Å². The number of rotatable bonds is 4. The van der Waals surface area contributed by atoms with Gasteiger partial charge in [0.1, 0.15) is 5.82 Å². The van der Waals surface area contributed by atoms with Crippen molar-refractivity contribution in [2.24, 2.45) is 0 Å². The number of imidazole rings is 1. The molecule has 0 radical (unpaired) electrons. The molecule has 4 aromatic rings. The Morgan fingerprint density at radius 1 is 1.23 bits per heavy atom. The Hall–Kier alpha value is -2.85. The Balaban J connectivity index is 1.23. The van der Waals surface area contributed by atoms with E-state index in [2.05, 4.69) is 27.6 Å². The number of carbonyl (C=O) groups excluding carboxylic acids is 1. The van der Waals surface area contributed by atoms with Crippen LogP contribution >= 0.6 is 11.3 Å². The summed E-state index contributed by atoms with van der Waals surface area (Å²) >= 11 is 1.49. The van der Waals surface area contributed by atoms with Crippen LogP contribution in [-0.2, 0) is 0 Å². The van der Waals surface area contributed by atoms with Gasteiger partial charge in [0.05, 0.1) is 22.0 Å². The Labute approximate surface area is 206 Å². The Morgan fingerprint density at radius 2 is 2.06 bits per heavy atom. The molecule has 2 fully saturated rings. The highest BCUT2D eigenvalue weighted by molar-refractivity contribution is 7.23. The van der Waals surface area contributed by atoms with Gasteiger partial charge in [-0.1, -0.05) is 17.4 Å². The summed E-state index contributed by atoms with van der Waals surface area (Å²) in [5, 5.41) is 16.1. The van der Waals surface area contributed by atoms with E-state index in [4.69, 9.17) is 0 Å². The quantitative estimate of drug-likeness (QED) is 0.405. The fourth-order valence-corrected chi connectivity index (χ4v) is 6.17. The molecule has 6 rings (SSSR count). The fraction of sp³-hybridized carbons (Fsp3) is 0.385. The zero-order chi connectivity index (χ0) is 24.1. The van der Waals surface area contributed by atoms with Crippen LogP contribution in [0, 0.1) is 5.82 Å². The van der Waals surface area contributed by atoms with Crippen molar-refractivity contribution in [2.75, 3.05) is 26.7 Å². The first-order valence-corrected chi connectivity index (χ1v) is 12.9. The number of β-amino-alcohol motifs (C(OH)–C–C–N with tert-alkyl or cyclic N) is 1. The summed E-state index contributed by atoms with van der Waals surface area (Å²) in [4.78, 5) is 20.5. The zero-order valence-electron chi connectivity index (χ0n) is 19.5. The molecule has 2 aromatic heterocycles. The Kier molecular flexibility index (Phi) is 5.80. The molecular weight excluding hydrogens is 465 g/mol. The molecule has 9 heteroatoms. The monoisotopic (exact) mass is 493 g/mol. The molecule has 1 amide bonds. The van der Waals surface area contributed by atoms with Crippen LogP contribution in [0.5, 0.6) is 0 Å². The van der Waals surface area contributed by atoms with Crippen LogP contribution < -0.4 is 10.6 Å². The maximum Gasteiger partial charge on any atom is 0.251 e. The number of piperidine rings is 1. The van der Waals surface area contributed by atoms with Crippen molar-refractivity contribution in [3.05, 3.63) is 59.5 Å². The summed E-state index contributed by atoms with van der Waals surface area (Å²) in [5.41, 5.74) is 3.45. The van der Waals surface area contributed by atoms with E-state index in [0.717, 1.165) is 46.7 Å². The molecule has 2 aromatic carbocycles. The SMILES string of the molecule is CN1CCC(NC(=O)c2ccc3c(c2)sc2nc(-c4ccc([C@@H]5C[C@@H](O)CN5)cc4F)cn23)CC1. The minimum absolute atomic E-state index is 0.0335. The fourth-order valence-electron chi connectivity index (χ4n) is 5.12. The molecule has 2 aliphatic rings. The van der Waals surface area contributed by atoms with Gasteiger partial charge in [-0.05, 0) is 75.3 Å². The number of thiazole rings is 1. The van der Waals surface area contributed by atoms with Gasteiger partial charge in [-0.2, -0.15) is 0 Å². The molecule has 2 aliphatic heterocycles. The number of halogens is 1. The number of nitrogens with zero attached hydrogens (tertiary/aromatic N) is 3. The minimum atomic E-state index is -0.392. The number of carbonyl (C=O) groups is 1. The highest BCUT2D eigenvalue weighted by Crippen LogP contribution is 2.33. The van der Waals surface area contributed by atoms with Crippen LogP contribution in [0.15, 0.2) is 42.6 Å². The van der Waals surface area contributed by atoms with Gasteiger partial charge >= 0.3 is 0 Å². The molecule has 182 valence electrons. The molecule has 0 aliphatic carbocycles. The van der Waals surface area contributed by atoms with Gasteiger partial charge in [-0.15, -0.1) is 0 Å². The van der Waals surface area contributed by atoms with E-state index in [0.29, 0.717) is 29.8 Å². The maximum atomic E-state index is 15.0. The summed E-state index contributed by atoms with van der Waals surface area (Å²) < 4.78 is 17.9. The van der Waals surface area contributed by atoms with Crippen molar-refractivity contribution in [3.8, 4) is 11.3 Å².